The van der Waals surface area contributed by atoms with Crippen molar-refractivity contribution in [2.24, 2.45) is 34.0 Å². The first-order valence-electron chi connectivity index (χ1n) is 9.62. The molecule has 0 nitrogen and oxygen atoms in total. The van der Waals surface area contributed by atoms with E-state index in [2.05, 4.69) is 83.1 Å². The third-order valence-electron chi connectivity index (χ3n) is 7.13. The van der Waals surface area contributed by atoms with Crippen LogP contribution < -0.4 is 0 Å². The molecule has 0 N–H and O–H groups in total. The molecule has 22 heavy (non-hydrogen) atoms. The molecule has 0 rings (SSSR count). The smallest absolute Gasteiger partial charge is 0.0884 e. The van der Waals surface area contributed by atoms with Gasteiger partial charge in [-0.3, -0.25) is 0 Å². The summed E-state index contributed by atoms with van der Waals surface area (Å²) in [6.45, 7) is 29.5. The lowest BCUT2D eigenvalue weighted by Crippen LogP contribution is -2.37. The number of hydrogen-bond acceptors (Lipinski definition) is 0. The summed E-state index contributed by atoms with van der Waals surface area (Å²) in [4.78, 5) is 0. The summed E-state index contributed by atoms with van der Waals surface area (Å²) in [5, 5.41) is 4.49. The van der Waals surface area contributed by atoms with Crippen LogP contribution in [-0.2, 0) is 0 Å². The Morgan fingerprint density at radius 1 is 0.500 bits per heavy atom. The third-order valence-corrected chi connectivity index (χ3v) is 12.0. The van der Waals surface area contributed by atoms with Gasteiger partial charge in [0.25, 0.3) is 14.1 Å². The first-order chi connectivity index (χ1) is 9.62. The van der Waals surface area contributed by atoms with Crippen molar-refractivity contribution in [1.82, 2.24) is 0 Å². The normalized spacial score (nSPS) is 14.3. The topological polar surface area (TPSA) is 0 Å². The van der Waals surface area contributed by atoms with Crippen LogP contribution in [0.15, 0.2) is 0 Å². The molecule has 0 spiro atoms. The van der Waals surface area contributed by atoms with Gasteiger partial charge in [0.05, 0.1) is 0 Å². The summed E-state index contributed by atoms with van der Waals surface area (Å²) in [5.74, 6) is 2.35. The van der Waals surface area contributed by atoms with Crippen LogP contribution in [0, 0.1) is 34.0 Å². The fraction of sp³-hybridized carbons (Fsp3) is 1.00. The van der Waals surface area contributed by atoms with Crippen LogP contribution in [-0.4, -0.2) is 14.1 Å². The number of hydrogen-bond donors (Lipinski definition) is 0. The lowest BCUT2D eigenvalue weighted by atomic mass is 9.82. The van der Waals surface area contributed by atoms with Gasteiger partial charge in [0, 0.05) is 0 Å². The van der Waals surface area contributed by atoms with Gasteiger partial charge in [-0.15, -0.1) is 0 Å². The van der Waals surface area contributed by atoms with Gasteiger partial charge in [-0.05, 0) is 34.0 Å². The van der Waals surface area contributed by atoms with Gasteiger partial charge in [-0.25, -0.2) is 0 Å². The van der Waals surface area contributed by atoms with E-state index >= 15 is 0 Å². The molecule has 0 aromatic rings. The monoisotopic (exact) mass is 324 g/mol. The molecular formula is C21H45Al. The molecule has 0 unspecified atom stereocenters. The molecule has 0 saturated heterocycles. The highest BCUT2D eigenvalue weighted by Gasteiger charge is 2.38. The fourth-order valence-electron chi connectivity index (χ4n) is 3.16. The highest BCUT2D eigenvalue weighted by molar-refractivity contribution is 6.59. The van der Waals surface area contributed by atoms with Gasteiger partial charge >= 0.3 is 0 Å². The molecule has 132 valence electrons. The van der Waals surface area contributed by atoms with E-state index in [9.17, 15) is 0 Å². The SMILES string of the molecule is CC(C)C(C)(C)[CH2][Al]([CH2]C(C)(C)C(C)C)[CH2]C(C)(C)C(C)C. The van der Waals surface area contributed by atoms with Crippen LogP contribution in [0.4, 0.5) is 0 Å². The minimum absolute atomic E-state index is 0.497. The van der Waals surface area contributed by atoms with Crippen molar-refractivity contribution < 1.29 is 0 Å². The Bertz CT molecular complexity index is 268. The molecule has 0 fully saturated rings. The van der Waals surface area contributed by atoms with E-state index in [1.807, 2.05) is 0 Å². The lowest BCUT2D eigenvalue weighted by Gasteiger charge is -2.40. The highest BCUT2D eigenvalue weighted by atomic mass is 27.2. The molecule has 0 aliphatic rings. The Morgan fingerprint density at radius 3 is 0.818 bits per heavy atom. The predicted molar refractivity (Wildman–Crippen MR) is 106 cm³/mol. The predicted octanol–water partition coefficient (Wildman–Crippen LogP) is 7.53. The molecule has 0 aromatic carbocycles. The highest BCUT2D eigenvalue weighted by Crippen LogP contribution is 2.43. The van der Waals surface area contributed by atoms with E-state index < -0.39 is 14.1 Å². The Hall–Kier alpha value is 0.532. The standard InChI is InChI=1S/3C7H15.Al/c3*1-6(2)7(3,4)5;/h3*6H,3H2,1-2,4-5H3;. The van der Waals surface area contributed by atoms with E-state index in [-0.39, 0.29) is 0 Å². The lowest BCUT2D eigenvalue weighted by molar-refractivity contribution is 0.250. The second kappa shape index (κ2) is 8.07. The molecular weight excluding hydrogens is 279 g/mol. The van der Waals surface area contributed by atoms with Crippen molar-refractivity contribution in [2.45, 2.75) is 98.9 Å². The second-order valence-corrected chi connectivity index (χ2v) is 13.9. The first-order valence-corrected chi connectivity index (χ1v) is 12.1. The summed E-state index contributed by atoms with van der Waals surface area (Å²) in [7, 11) is 0. The third kappa shape index (κ3) is 6.97. The van der Waals surface area contributed by atoms with Gasteiger partial charge < -0.3 is 0 Å². The number of rotatable bonds is 9. The van der Waals surface area contributed by atoms with Gasteiger partial charge in [-0.1, -0.05) is 98.9 Å². The quantitative estimate of drug-likeness (QED) is 0.384. The van der Waals surface area contributed by atoms with Crippen LogP contribution >= 0.6 is 0 Å². The van der Waals surface area contributed by atoms with Gasteiger partial charge in [0.15, 0.2) is 0 Å². The Balaban J connectivity index is 5.25. The van der Waals surface area contributed by atoms with Crippen molar-refractivity contribution in [1.29, 1.82) is 0 Å². The van der Waals surface area contributed by atoms with Crippen LogP contribution in [0.3, 0.4) is 0 Å². The summed E-state index contributed by atoms with van der Waals surface area (Å²) >= 11 is -0.777. The second-order valence-electron chi connectivity index (χ2n) is 10.9. The fourth-order valence-corrected chi connectivity index (χ4v) is 9.47. The maximum absolute atomic E-state index is 2.50. The van der Waals surface area contributed by atoms with Crippen LogP contribution in [0.25, 0.3) is 0 Å². The van der Waals surface area contributed by atoms with Crippen LogP contribution in [0.2, 0.25) is 15.8 Å². The van der Waals surface area contributed by atoms with Crippen LogP contribution in [0.1, 0.15) is 83.1 Å². The minimum atomic E-state index is -0.777. The van der Waals surface area contributed by atoms with Crippen molar-refractivity contribution in [3.05, 3.63) is 0 Å². The summed E-state index contributed by atoms with van der Waals surface area (Å²) in [6.07, 6.45) is 0. The Morgan fingerprint density at radius 2 is 0.682 bits per heavy atom. The van der Waals surface area contributed by atoms with Crippen molar-refractivity contribution >= 4 is 14.1 Å². The Labute approximate surface area is 147 Å². The maximum atomic E-state index is 2.50. The van der Waals surface area contributed by atoms with Crippen molar-refractivity contribution in [2.75, 3.05) is 0 Å². The zero-order chi connectivity index (χ0) is 17.9. The average molecular weight is 325 g/mol. The van der Waals surface area contributed by atoms with Gasteiger partial charge in [0.2, 0.25) is 0 Å². The van der Waals surface area contributed by atoms with Gasteiger partial charge in [-0.2, -0.15) is 0 Å². The van der Waals surface area contributed by atoms with E-state index in [1.54, 1.807) is 0 Å². The molecule has 0 atom stereocenters. The van der Waals surface area contributed by atoms with E-state index in [0.29, 0.717) is 16.2 Å². The maximum Gasteiger partial charge on any atom is 0.263 e. The average Bonchev–Trinajstić information content (AvgIpc) is 2.25. The first kappa shape index (κ1) is 22.5. The summed E-state index contributed by atoms with van der Waals surface area (Å²) in [6, 6.07) is 0. The molecule has 0 aliphatic carbocycles. The molecule has 0 aliphatic heterocycles. The summed E-state index contributed by atoms with van der Waals surface area (Å²) < 4.78 is 0. The Kier molecular flexibility index (Phi) is 8.27. The zero-order valence-corrected chi connectivity index (χ0v) is 19.1. The molecule has 0 saturated carbocycles. The zero-order valence-electron chi connectivity index (χ0n) is 17.9. The summed E-state index contributed by atoms with van der Waals surface area (Å²) in [5.41, 5.74) is 1.49. The van der Waals surface area contributed by atoms with E-state index in [1.165, 1.54) is 15.8 Å². The molecule has 0 bridgehead atoms. The van der Waals surface area contributed by atoms with Gasteiger partial charge in [0.1, 0.15) is 0 Å². The van der Waals surface area contributed by atoms with Crippen molar-refractivity contribution in [3.63, 3.8) is 0 Å². The minimum Gasteiger partial charge on any atom is -0.0884 e. The molecule has 0 amide bonds. The molecule has 0 radical (unpaired) electrons. The molecule has 0 heterocycles. The van der Waals surface area contributed by atoms with E-state index in [4.69, 9.17) is 0 Å². The largest absolute Gasteiger partial charge is 0.263 e. The van der Waals surface area contributed by atoms with E-state index in [0.717, 1.165) is 17.8 Å². The van der Waals surface area contributed by atoms with Crippen molar-refractivity contribution in [3.8, 4) is 0 Å². The van der Waals surface area contributed by atoms with Crippen LogP contribution in [0.5, 0.6) is 0 Å². The molecule has 1 heteroatoms. The molecule has 0 aromatic heterocycles.